The highest BCUT2D eigenvalue weighted by molar-refractivity contribution is 9.11. The minimum atomic E-state index is -0.532. The van der Waals surface area contributed by atoms with E-state index in [2.05, 4.69) is 31.9 Å². The van der Waals surface area contributed by atoms with Crippen molar-refractivity contribution in [2.24, 2.45) is 0 Å². The molecule has 10 nitrogen and oxygen atoms in total. The van der Waals surface area contributed by atoms with E-state index in [-0.39, 0.29) is 13.2 Å². The summed E-state index contributed by atoms with van der Waals surface area (Å²) < 4.78 is 53.0. The molecule has 1 aliphatic heterocycles. The van der Waals surface area contributed by atoms with Gasteiger partial charge in [-0.1, -0.05) is 44.0 Å². The van der Waals surface area contributed by atoms with Crippen molar-refractivity contribution in [3.05, 3.63) is 75.2 Å². The zero-order chi connectivity index (χ0) is 30.1. The fourth-order valence-corrected chi connectivity index (χ4v) is 5.05. The molecule has 1 aliphatic rings. The predicted molar refractivity (Wildman–Crippen MR) is 165 cm³/mol. The van der Waals surface area contributed by atoms with E-state index < -0.39 is 5.97 Å². The van der Waals surface area contributed by atoms with E-state index in [0.29, 0.717) is 100 Å². The Morgan fingerprint density at radius 2 is 0.930 bits per heavy atom. The lowest BCUT2D eigenvalue weighted by atomic mass is 10.2. The van der Waals surface area contributed by atoms with Gasteiger partial charge in [-0.2, -0.15) is 0 Å². The predicted octanol–water partition coefficient (Wildman–Crippen LogP) is 5.73. The van der Waals surface area contributed by atoms with E-state index in [1.54, 1.807) is 30.3 Å². The highest BCUT2D eigenvalue weighted by Crippen LogP contribution is 2.30. The van der Waals surface area contributed by atoms with Crippen molar-refractivity contribution in [3.63, 3.8) is 0 Å². The van der Waals surface area contributed by atoms with Crippen LogP contribution in [-0.2, 0) is 18.9 Å². The molecule has 1 heterocycles. The molecule has 0 unspecified atom stereocenters. The second kappa shape index (κ2) is 18.7. The van der Waals surface area contributed by atoms with Crippen LogP contribution in [0.15, 0.2) is 69.6 Å². The van der Waals surface area contributed by atoms with Crippen molar-refractivity contribution in [2.75, 3.05) is 79.3 Å². The fourth-order valence-electron chi connectivity index (χ4n) is 3.80. The molecule has 4 rings (SSSR count). The zero-order valence-electron chi connectivity index (χ0n) is 23.6. The van der Waals surface area contributed by atoms with Crippen molar-refractivity contribution in [1.82, 2.24) is 0 Å². The second-order valence-electron chi connectivity index (χ2n) is 8.95. The molecule has 3 aromatic carbocycles. The van der Waals surface area contributed by atoms with E-state index in [0.717, 1.165) is 8.95 Å². The summed E-state index contributed by atoms with van der Waals surface area (Å²) >= 11 is 6.80. The molecule has 0 fully saturated rings. The van der Waals surface area contributed by atoms with E-state index >= 15 is 0 Å². The van der Waals surface area contributed by atoms with Gasteiger partial charge in [-0.15, -0.1) is 0 Å². The third-order valence-corrected chi connectivity index (χ3v) is 6.68. The number of carbonyl (C=O) groups is 1. The largest absolute Gasteiger partial charge is 0.487 e. The topological polar surface area (TPSA) is 100 Å². The van der Waals surface area contributed by atoms with Crippen LogP contribution in [0.2, 0.25) is 0 Å². The van der Waals surface area contributed by atoms with Gasteiger partial charge in [0.1, 0.15) is 32.2 Å². The first-order valence-electron chi connectivity index (χ1n) is 13.8. The van der Waals surface area contributed by atoms with E-state index in [9.17, 15) is 4.79 Å². The lowest BCUT2D eigenvalue weighted by Crippen LogP contribution is -2.16. The standard InChI is InChI=1S/C31H34Br2O10/c32-24-20-25(33)22-26(21-24)43-31(34)23-5-6-29-30(19-23)42-18-14-38-10-9-36-12-16-40-28-4-2-1-3-27(28)39-15-11-35-7-8-37-13-17-41-29/h1-6,19-22H,7-18H2. The molecule has 0 aliphatic carbocycles. The van der Waals surface area contributed by atoms with Crippen molar-refractivity contribution >= 4 is 37.8 Å². The maximum atomic E-state index is 12.9. The molecule has 0 aromatic heterocycles. The van der Waals surface area contributed by atoms with Gasteiger partial charge in [0.2, 0.25) is 0 Å². The highest BCUT2D eigenvalue weighted by atomic mass is 79.9. The molecule has 0 radical (unpaired) electrons. The van der Waals surface area contributed by atoms with Crippen LogP contribution in [0, 0.1) is 0 Å². The maximum absolute atomic E-state index is 12.9. The average molecular weight is 726 g/mol. The SMILES string of the molecule is O=C(Oc1cc(Br)cc(Br)c1)c1ccc2c(c1)OCCOCCOCCOc1ccccc1OCCOCCOCCO2. The molecule has 0 N–H and O–H groups in total. The summed E-state index contributed by atoms with van der Waals surface area (Å²) in [6.07, 6.45) is 0. The monoisotopic (exact) mass is 724 g/mol. The second-order valence-corrected chi connectivity index (χ2v) is 10.8. The number of hydrogen-bond donors (Lipinski definition) is 0. The molecule has 0 bridgehead atoms. The number of hydrogen-bond acceptors (Lipinski definition) is 10. The third kappa shape index (κ3) is 12.0. The quantitative estimate of drug-likeness (QED) is 0.241. The molecule has 43 heavy (non-hydrogen) atoms. The summed E-state index contributed by atoms with van der Waals surface area (Å²) in [5.74, 6) is 2.02. The summed E-state index contributed by atoms with van der Waals surface area (Å²) in [6, 6.07) is 17.6. The molecular weight excluding hydrogens is 692 g/mol. The van der Waals surface area contributed by atoms with Gasteiger partial charge in [0.05, 0.1) is 58.4 Å². The Hall–Kier alpha value is -2.87. The molecule has 0 atom stereocenters. The van der Waals surface area contributed by atoms with E-state index in [1.165, 1.54) is 0 Å². The van der Waals surface area contributed by atoms with Gasteiger partial charge >= 0.3 is 5.97 Å². The number of ether oxygens (including phenoxy) is 9. The van der Waals surface area contributed by atoms with Gasteiger partial charge < -0.3 is 42.6 Å². The maximum Gasteiger partial charge on any atom is 0.343 e. The summed E-state index contributed by atoms with van der Waals surface area (Å²) in [7, 11) is 0. The Morgan fingerprint density at radius 1 is 0.512 bits per heavy atom. The van der Waals surface area contributed by atoms with Crippen LogP contribution in [0.4, 0.5) is 0 Å². The Bertz CT molecular complexity index is 1270. The highest BCUT2D eigenvalue weighted by Gasteiger charge is 2.15. The first kappa shape index (κ1) is 33.0. The number of fused-ring (bicyclic) bond motifs is 2. The molecule has 0 saturated carbocycles. The van der Waals surface area contributed by atoms with Crippen LogP contribution < -0.4 is 23.7 Å². The summed E-state index contributed by atoms with van der Waals surface area (Å²) in [6.45, 7) is 4.34. The number of para-hydroxylation sites is 2. The van der Waals surface area contributed by atoms with Crippen LogP contribution >= 0.6 is 31.9 Å². The smallest absolute Gasteiger partial charge is 0.343 e. The first-order valence-corrected chi connectivity index (χ1v) is 15.4. The van der Waals surface area contributed by atoms with E-state index in [1.807, 2.05) is 30.3 Å². The normalized spacial score (nSPS) is 16.4. The van der Waals surface area contributed by atoms with Crippen molar-refractivity contribution in [3.8, 4) is 28.7 Å². The van der Waals surface area contributed by atoms with Crippen molar-refractivity contribution in [1.29, 1.82) is 0 Å². The number of halogens is 2. The molecule has 0 amide bonds. The van der Waals surface area contributed by atoms with Gasteiger partial charge in [0.15, 0.2) is 23.0 Å². The summed E-state index contributed by atoms with van der Waals surface area (Å²) in [5, 5.41) is 0. The number of benzene rings is 3. The average Bonchev–Trinajstić information content (AvgIpc) is 2.99. The fraction of sp³-hybridized carbons (Fsp3) is 0.387. The number of esters is 1. The van der Waals surface area contributed by atoms with Gasteiger partial charge in [0.25, 0.3) is 0 Å². The number of rotatable bonds is 2. The summed E-state index contributed by atoms with van der Waals surface area (Å²) in [5.41, 5.74) is 0.308. The van der Waals surface area contributed by atoms with E-state index in [4.69, 9.17) is 42.6 Å². The minimum Gasteiger partial charge on any atom is -0.487 e. The molecule has 3 aromatic rings. The van der Waals surface area contributed by atoms with Crippen LogP contribution in [0.1, 0.15) is 10.4 Å². The molecule has 232 valence electrons. The van der Waals surface area contributed by atoms with Crippen molar-refractivity contribution < 1.29 is 47.4 Å². The lowest BCUT2D eigenvalue weighted by Gasteiger charge is -2.15. The van der Waals surface area contributed by atoms with Gasteiger partial charge in [-0.3, -0.25) is 0 Å². The number of carbonyl (C=O) groups excluding carboxylic acids is 1. The Balaban J connectivity index is 1.32. The van der Waals surface area contributed by atoms with Gasteiger partial charge in [0, 0.05) is 8.95 Å². The Kier molecular flexibility index (Phi) is 14.4. The van der Waals surface area contributed by atoms with Crippen LogP contribution in [0.5, 0.6) is 28.7 Å². The zero-order valence-corrected chi connectivity index (χ0v) is 26.8. The first-order chi connectivity index (χ1) is 21.1. The van der Waals surface area contributed by atoms with Crippen LogP contribution in [0.25, 0.3) is 0 Å². The Labute approximate surface area is 267 Å². The molecule has 0 spiro atoms. The Morgan fingerprint density at radius 3 is 1.42 bits per heavy atom. The molecule has 12 heteroatoms. The summed E-state index contributed by atoms with van der Waals surface area (Å²) in [4.78, 5) is 12.9. The van der Waals surface area contributed by atoms with Crippen LogP contribution in [-0.4, -0.2) is 85.3 Å². The van der Waals surface area contributed by atoms with Crippen LogP contribution in [0.3, 0.4) is 0 Å². The third-order valence-electron chi connectivity index (χ3n) is 5.76. The van der Waals surface area contributed by atoms with Gasteiger partial charge in [-0.05, 0) is 48.5 Å². The lowest BCUT2D eigenvalue weighted by molar-refractivity contribution is 0.0223. The van der Waals surface area contributed by atoms with Crippen molar-refractivity contribution in [2.45, 2.75) is 0 Å². The molecular formula is C31H34Br2O10. The molecule has 0 saturated heterocycles. The van der Waals surface area contributed by atoms with Gasteiger partial charge in [-0.25, -0.2) is 4.79 Å². The minimum absolute atomic E-state index is 0.237.